The lowest BCUT2D eigenvalue weighted by Gasteiger charge is -2.06. The highest BCUT2D eigenvalue weighted by atomic mass is 79.9. The molecule has 3 rings (SSSR count). The number of carbonyl (C=O) groups is 2. The van der Waals surface area contributed by atoms with Gasteiger partial charge in [-0.15, -0.1) is 0 Å². The molecule has 0 fully saturated rings. The minimum atomic E-state index is -0.446. The second kappa shape index (κ2) is 3.04. The van der Waals surface area contributed by atoms with E-state index in [4.69, 9.17) is 7.85 Å². The summed E-state index contributed by atoms with van der Waals surface area (Å²) in [5, 5.41) is 1.42. The van der Waals surface area contributed by atoms with Crippen molar-refractivity contribution in [3.63, 3.8) is 0 Å². The van der Waals surface area contributed by atoms with Gasteiger partial charge < -0.3 is 0 Å². The summed E-state index contributed by atoms with van der Waals surface area (Å²) in [6, 6.07) is 6.67. The van der Waals surface area contributed by atoms with Crippen molar-refractivity contribution in [3.8, 4) is 0 Å². The van der Waals surface area contributed by atoms with Gasteiger partial charge in [-0.1, -0.05) is 33.5 Å². The van der Waals surface area contributed by atoms with Crippen molar-refractivity contribution in [1.82, 2.24) is 0 Å². The summed E-state index contributed by atoms with van der Waals surface area (Å²) in [4.78, 5) is 23.4. The van der Waals surface area contributed by atoms with E-state index in [-0.39, 0.29) is 0 Å². The lowest BCUT2D eigenvalue weighted by atomic mass is 9.88. The first-order valence-corrected chi connectivity index (χ1v) is 5.50. The second-order valence-corrected chi connectivity index (χ2v) is 4.56. The van der Waals surface area contributed by atoms with Crippen LogP contribution in [0.5, 0.6) is 0 Å². The molecule has 0 heterocycles. The van der Waals surface area contributed by atoms with Gasteiger partial charge in [-0.05, 0) is 17.5 Å². The van der Waals surface area contributed by atoms with Crippen LogP contribution in [0.3, 0.4) is 0 Å². The van der Waals surface area contributed by atoms with Crippen LogP contribution in [0.1, 0.15) is 20.7 Å². The van der Waals surface area contributed by atoms with Gasteiger partial charge in [0.05, 0.1) is 0 Å². The molecule has 0 aromatic heterocycles. The van der Waals surface area contributed by atoms with Crippen molar-refractivity contribution in [2.45, 2.75) is 0 Å². The molecular weight excluding hydrogens is 267 g/mol. The van der Waals surface area contributed by atoms with Gasteiger partial charge in [0.25, 0.3) is 0 Å². The normalized spacial score (nSPS) is 13.8. The van der Waals surface area contributed by atoms with Crippen LogP contribution in [0.15, 0.2) is 28.7 Å². The highest BCUT2D eigenvalue weighted by Gasteiger charge is 2.31. The molecule has 4 heteroatoms. The Morgan fingerprint density at radius 3 is 2.06 bits per heavy atom. The predicted molar refractivity (Wildman–Crippen MR) is 65.7 cm³/mol. The maximum Gasteiger partial charge on any atom is 0.234 e. The summed E-state index contributed by atoms with van der Waals surface area (Å²) in [6.07, 6.45) is 0. The number of halogens is 1. The van der Waals surface area contributed by atoms with E-state index in [2.05, 4.69) is 15.9 Å². The Hall–Kier alpha value is -1.42. The first-order chi connectivity index (χ1) is 7.61. The first-order valence-electron chi connectivity index (χ1n) is 4.71. The van der Waals surface area contributed by atoms with E-state index in [1.807, 2.05) is 0 Å². The fraction of sp³-hybridized carbons (Fsp3) is 0. The van der Waals surface area contributed by atoms with E-state index >= 15 is 0 Å². The number of carbonyl (C=O) groups excluding carboxylic acids is 2. The third kappa shape index (κ3) is 1.03. The van der Waals surface area contributed by atoms with Crippen LogP contribution in [-0.4, -0.2) is 19.4 Å². The van der Waals surface area contributed by atoms with Crippen molar-refractivity contribution < 1.29 is 9.59 Å². The molecule has 1 aliphatic rings. The molecule has 0 atom stereocenters. The Kier molecular flexibility index (Phi) is 1.86. The third-order valence-electron chi connectivity index (χ3n) is 2.84. The minimum Gasteiger partial charge on any atom is -0.285 e. The highest BCUT2D eigenvalue weighted by molar-refractivity contribution is 9.10. The van der Waals surface area contributed by atoms with Gasteiger partial charge in [0, 0.05) is 21.0 Å². The van der Waals surface area contributed by atoms with Gasteiger partial charge in [-0.3, -0.25) is 9.59 Å². The van der Waals surface area contributed by atoms with E-state index in [1.165, 1.54) is 0 Å². The van der Waals surface area contributed by atoms with Gasteiger partial charge in [0.15, 0.2) is 0 Å². The molecule has 0 amide bonds. The zero-order valence-corrected chi connectivity index (χ0v) is 9.67. The van der Waals surface area contributed by atoms with Crippen LogP contribution in [0.25, 0.3) is 10.8 Å². The maximum atomic E-state index is 11.7. The molecule has 0 saturated carbocycles. The van der Waals surface area contributed by atoms with Crippen LogP contribution < -0.4 is 5.46 Å². The largest absolute Gasteiger partial charge is 0.285 e. The van der Waals surface area contributed by atoms with Crippen LogP contribution in [-0.2, 0) is 0 Å². The quantitative estimate of drug-likeness (QED) is 0.540. The molecule has 1 aliphatic carbocycles. The smallest absolute Gasteiger partial charge is 0.234 e. The van der Waals surface area contributed by atoms with Crippen molar-refractivity contribution in [2.75, 3.05) is 0 Å². The van der Waals surface area contributed by atoms with E-state index < -0.39 is 11.6 Å². The molecule has 0 aliphatic heterocycles. The van der Waals surface area contributed by atoms with E-state index in [9.17, 15) is 9.59 Å². The summed E-state index contributed by atoms with van der Waals surface area (Å²) in [6.45, 7) is 0. The molecule has 0 spiro atoms. The number of benzene rings is 2. The Morgan fingerprint density at radius 2 is 1.44 bits per heavy atom. The molecule has 2 aromatic rings. The molecule has 0 bridgehead atoms. The van der Waals surface area contributed by atoms with E-state index in [0.29, 0.717) is 22.0 Å². The SMILES string of the molecule is [B]c1ccc2c3c(ccc(Br)c13)C(=O)C2=O. The highest BCUT2D eigenvalue weighted by Crippen LogP contribution is 2.33. The Labute approximate surface area is 101 Å². The lowest BCUT2D eigenvalue weighted by molar-refractivity contribution is 0.0825. The van der Waals surface area contributed by atoms with Gasteiger partial charge in [-0.25, -0.2) is 0 Å². The Bertz CT molecular complexity index is 622. The van der Waals surface area contributed by atoms with Crippen molar-refractivity contribution >= 4 is 51.6 Å². The molecule has 0 saturated heterocycles. The van der Waals surface area contributed by atoms with Crippen LogP contribution in [0.2, 0.25) is 0 Å². The molecule has 2 aromatic carbocycles. The van der Waals surface area contributed by atoms with E-state index in [0.717, 1.165) is 9.86 Å². The van der Waals surface area contributed by atoms with Gasteiger partial charge in [0.2, 0.25) is 11.6 Å². The van der Waals surface area contributed by atoms with Crippen molar-refractivity contribution in [3.05, 3.63) is 39.9 Å². The average Bonchev–Trinajstić information content (AvgIpc) is 2.50. The topological polar surface area (TPSA) is 34.1 Å². The monoisotopic (exact) mass is 270 g/mol. The van der Waals surface area contributed by atoms with Crippen molar-refractivity contribution in [1.29, 1.82) is 0 Å². The summed E-state index contributed by atoms with van der Waals surface area (Å²) >= 11 is 3.38. The Morgan fingerprint density at radius 1 is 0.875 bits per heavy atom. The fourth-order valence-electron chi connectivity index (χ4n) is 2.10. The fourth-order valence-corrected chi connectivity index (χ4v) is 2.66. The molecule has 16 heavy (non-hydrogen) atoms. The predicted octanol–water partition coefficient (Wildman–Crippen LogP) is 1.78. The van der Waals surface area contributed by atoms with Crippen LogP contribution in [0, 0.1) is 0 Å². The molecule has 0 N–H and O–H groups in total. The van der Waals surface area contributed by atoms with Gasteiger partial charge in [-0.2, -0.15) is 0 Å². The molecule has 0 unspecified atom stereocenters. The minimum absolute atomic E-state index is 0.446. The summed E-state index contributed by atoms with van der Waals surface area (Å²) in [5.74, 6) is -0.892. The van der Waals surface area contributed by atoms with Gasteiger partial charge >= 0.3 is 0 Å². The molecule has 74 valence electrons. The Balaban J connectivity index is 2.64. The standard InChI is InChI=1S/C12H4BBrO2/c13-7-3-1-5-9-6(12(16)11(5)15)2-4-8(14)10(7)9/h1-4H. The number of hydrogen-bond donors (Lipinski definition) is 0. The van der Waals surface area contributed by atoms with Gasteiger partial charge in [0.1, 0.15) is 7.85 Å². The lowest BCUT2D eigenvalue weighted by Crippen LogP contribution is -2.07. The zero-order chi connectivity index (χ0) is 11.4. The summed E-state index contributed by atoms with van der Waals surface area (Å²) in [7, 11) is 5.86. The number of ketones is 2. The summed E-state index contributed by atoms with van der Waals surface area (Å²) < 4.78 is 0.799. The summed E-state index contributed by atoms with van der Waals surface area (Å²) in [5.41, 5.74) is 1.46. The second-order valence-electron chi connectivity index (χ2n) is 3.71. The van der Waals surface area contributed by atoms with Crippen LogP contribution in [0.4, 0.5) is 0 Å². The molecular formula is C12H4BBrO2. The van der Waals surface area contributed by atoms with Crippen molar-refractivity contribution in [2.24, 2.45) is 0 Å². The number of Topliss-reactive ketones (excluding diaryl/α,β-unsaturated/α-hetero) is 2. The van der Waals surface area contributed by atoms with E-state index in [1.54, 1.807) is 24.3 Å². The number of rotatable bonds is 0. The molecule has 2 radical (unpaired) electrons. The van der Waals surface area contributed by atoms with Crippen LogP contribution >= 0.6 is 15.9 Å². The molecule has 2 nitrogen and oxygen atoms in total. The maximum absolute atomic E-state index is 11.7. The zero-order valence-electron chi connectivity index (χ0n) is 8.08. The first kappa shape index (κ1) is 9.79. The third-order valence-corrected chi connectivity index (χ3v) is 3.50. The average molecular weight is 271 g/mol. The number of hydrogen-bond acceptors (Lipinski definition) is 2.